The number of fused-ring (bicyclic) bond motifs is 2. The second kappa shape index (κ2) is 7.17. The van der Waals surface area contributed by atoms with Gasteiger partial charge in [0.15, 0.2) is 0 Å². The van der Waals surface area contributed by atoms with Gasteiger partial charge in [-0.05, 0) is 0 Å². The minimum absolute atomic E-state index is 0.0462. The number of benzene rings is 2. The molecule has 2 aliphatic rings. The van der Waals surface area contributed by atoms with E-state index in [1.54, 1.807) is 6.08 Å². The fourth-order valence-corrected chi connectivity index (χ4v) is 7.50. The van der Waals surface area contributed by atoms with Crippen molar-refractivity contribution in [2.45, 2.75) is 0 Å². The molecular weight excluding hydrogens is 500 g/mol. The molecule has 0 atom stereocenters. The number of para-hydroxylation sites is 2. The SMILES string of the molecule is O=C1NC(=O)C(=Cc2ccc(N3c4ccccc4[Se]c4ccccc43)[se]2)C(=O)N1. The van der Waals surface area contributed by atoms with E-state index in [0.29, 0.717) is 0 Å². The summed E-state index contributed by atoms with van der Waals surface area (Å²) in [7, 11) is 0. The van der Waals surface area contributed by atoms with Gasteiger partial charge in [0.05, 0.1) is 0 Å². The summed E-state index contributed by atoms with van der Waals surface area (Å²) < 4.78 is 4.68. The Morgan fingerprint density at radius 2 is 1.34 bits per heavy atom. The van der Waals surface area contributed by atoms with Crippen molar-refractivity contribution in [3.8, 4) is 0 Å². The predicted octanol–water partition coefficient (Wildman–Crippen LogP) is 0.931. The molecule has 29 heavy (non-hydrogen) atoms. The number of carbonyl (C=O) groups excluding carboxylic acids is 3. The predicted molar refractivity (Wildman–Crippen MR) is 113 cm³/mol. The van der Waals surface area contributed by atoms with Gasteiger partial charge in [-0.2, -0.15) is 0 Å². The van der Waals surface area contributed by atoms with Gasteiger partial charge in [0, 0.05) is 0 Å². The number of amides is 4. The molecule has 2 aromatic carbocycles. The number of imide groups is 2. The summed E-state index contributed by atoms with van der Waals surface area (Å²) in [5.74, 6) is -1.33. The van der Waals surface area contributed by atoms with Crippen LogP contribution in [0.25, 0.3) is 6.08 Å². The molecule has 1 fully saturated rings. The van der Waals surface area contributed by atoms with E-state index in [9.17, 15) is 14.4 Å². The van der Waals surface area contributed by atoms with Crippen molar-refractivity contribution in [1.29, 1.82) is 0 Å². The van der Waals surface area contributed by atoms with Crippen LogP contribution in [0.15, 0.2) is 66.2 Å². The van der Waals surface area contributed by atoms with E-state index in [1.165, 1.54) is 20.3 Å². The van der Waals surface area contributed by atoms with Gasteiger partial charge < -0.3 is 0 Å². The van der Waals surface area contributed by atoms with E-state index in [1.807, 2.05) is 24.3 Å². The molecule has 0 radical (unpaired) electrons. The Kier molecular flexibility index (Phi) is 4.49. The second-order valence-corrected chi connectivity index (χ2v) is 10.9. The fourth-order valence-electron chi connectivity index (χ4n) is 3.23. The Balaban J connectivity index is 1.56. The van der Waals surface area contributed by atoms with Gasteiger partial charge in [0.25, 0.3) is 0 Å². The first-order valence-corrected chi connectivity index (χ1v) is 12.2. The van der Waals surface area contributed by atoms with E-state index >= 15 is 0 Å². The van der Waals surface area contributed by atoms with E-state index in [0.717, 1.165) is 9.00 Å². The third-order valence-corrected chi connectivity index (χ3v) is 9.00. The topological polar surface area (TPSA) is 78.5 Å². The quantitative estimate of drug-likeness (QED) is 0.238. The minimum atomic E-state index is -0.787. The van der Waals surface area contributed by atoms with Gasteiger partial charge >= 0.3 is 179 Å². The van der Waals surface area contributed by atoms with Crippen LogP contribution in [-0.4, -0.2) is 47.3 Å². The van der Waals surface area contributed by atoms with Gasteiger partial charge in [-0.15, -0.1) is 0 Å². The molecule has 5 rings (SSSR count). The van der Waals surface area contributed by atoms with Crippen LogP contribution in [0.2, 0.25) is 0 Å². The molecule has 0 bridgehead atoms. The summed E-state index contributed by atoms with van der Waals surface area (Å²) in [5.41, 5.74) is 2.32. The number of anilines is 3. The van der Waals surface area contributed by atoms with Gasteiger partial charge in [-0.25, -0.2) is 0 Å². The van der Waals surface area contributed by atoms with Crippen molar-refractivity contribution in [3.63, 3.8) is 0 Å². The molecule has 0 spiro atoms. The van der Waals surface area contributed by atoms with Gasteiger partial charge in [-0.1, -0.05) is 0 Å². The molecule has 3 aromatic rings. The molecule has 4 amide bonds. The van der Waals surface area contributed by atoms with Crippen molar-refractivity contribution in [1.82, 2.24) is 10.6 Å². The Bertz CT molecular complexity index is 1150. The van der Waals surface area contributed by atoms with Crippen LogP contribution in [-0.2, 0) is 9.59 Å². The van der Waals surface area contributed by atoms with E-state index in [4.69, 9.17) is 0 Å². The van der Waals surface area contributed by atoms with Crippen LogP contribution < -0.4 is 24.5 Å². The second-order valence-electron chi connectivity index (χ2n) is 6.34. The first-order valence-electron chi connectivity index (χ1n) is 8.74. The van der Waals surface area contributed by atoms with Crippen molar-refractivity contribution in [2.24, 2.45) is 0 Å². The van der Waals surface area contributed by atoms with Gasteiger partial charge in [-0.3, -0.25) is 0 Å². The molecule has 2 aliphatic heterocycles. The molecular formula is C21H13N3O3Se2. The average Bonchev–Trinajstić information content (AvgIpc) is 3.17. The Morgan fingerprint density at radius 3 is 1.97 bits per heavy atom. The van der Waals surface area contributed by atoms with Gasteiger partial charge in [0.1, 0.15) is 0 Å². The normalized spacial score (nSPS) is 15.4. The number of barbiturate groups is 1. The summed E-state index contributed by atoms with van der Waals surface area (Å²) in [4.78, 5) is 37.5. The molecule has 3 heterocycles. The third kappa shape index (κ3) is 3.26. The third-order valence-electron chi connectivity index (χ3n) is 4.50. The summed E-state index contributed by atoms with van der Waals surface area (Å²) >= 11 is 0.151. The van der Waals surface area contributed by atoms with Crippen LogP contribution in [0.3, 0.4) is 0 Å². The number of carbonyl (C=O) groups is 3. The number of nitrogens with zero attached hydrogens (tertiary/aromatic N) is 1. The summed E-state index contributed by atoms with van der Waals surface area (Å²) in [6.07, 6.45) is 1.58. The number of urea groups is 1. The molecule has 0 unspecified atom stereocenters. The first-order chi connectivity index (χ1) is 14.1. The van der Waals surface area contributed by atoms with E-state index in [-0.39, 0.29) is 35.0 Å². The average molecular weight is 513 g/mol. The number of nitrogens with one attached hydrogen (secondary N) is 2. The molecule has 1 saturated heterocycles. The zero-order chi connectivity index (χ0) is 20.0. The molecule has 0 aliphatic carbocycles. The summed E-state index contributed by atoms with van der Waals surface area (Å²) in [6, 6.07) is 20.0. The number of rotatable bonds is 2. The Labute approximate surface area is 178 Å². The molecule has 142 valence electrons. The zero-order valence-electron chi connectivity index (χ0n) is 14.8. The molecule has 1 aromatic heterocycles. The fraction of sp³-hybridized carbons (Fsp3) is 0. The van der Waals surface area contributed by atoms with E-state index < -0.39 is 17.8 Å². The summed E-state index contributed by atoms with van der Waals surface area (Å²) in [6.45, 7) is 0. The van der Waals surface area contributed by atoms with Crippen LogP contribution in [0, 0.1) is 0 Å². The van der Waals surface area contributed by atoms with Crippen LogP contribution >= 0.6 is 0 Å². The van der Waals surface area contributed by atoms with Crippen molar-refractivity contribution < 1.29 is 14.4 Å². The maximum absolute atomic E-state index is 12.0. The van der Waals surface area contributed by atoms with Crippen LogP contribution in [0.4, 0.5) is 20.7 Å². The monoisotopic (exact) mass is 515 g/mol. The Morgan fingerprint density at radius 1 is 0.759 bits per heavy atom. The first kappa shape index (κ1) is 18.2. The van der Waals surface area contributed by atoms with E-state index in [2.05, 4.69) is 51.9 Å². The van der Waals surface area contributed by atoms with Crippen molar-refractivity contribution >= 4 is 78.2 Å². The van der Waals surface area contributed by atoms with Crippen LogP contribution in [0.1, 0.15) is 4.44 Å². The molecule has 0 saturated carbocycles. The van der Waals surface area contributed by atoms with Crippen molar-refractivity contribution in [3.05, 3.63) is 70.7 Å². The Hall–Kier alpha value is -2.89. The van der Waals surface area contributed by atoms with Crippen LogP contribution in [0.5, 0.6) is 0 Å². The zero-order valence-corrected chi connectivity index (χ0v) is 18.3. The van der Waals surface area contributed by atoms with Gasteiger partial charge in [0.2, 0.25) is 0 Å². The summed E-state index contributed by atoms with van der Waals surface area (Å²) in [5, 5.41) is 4.22. The molecule has 8 heteroatoms. The maximum atomic E-state index is 12.0. The van der Waals surface area contributed by atoms with Crippen molar-refractivity contribution in [2.75, 3.05) is 4.90 Å². The number of hydrogen-bond donors (Lipinski definition) is 2. The molecule has 6 nitrogen and oxygen atoms in total. The molecule has 2 N–H and O–H groups in total. The standard InChI is InChI=1S/C21H13N3O3Se2/c25-19-13(20(26)23-21(27)22-19)11-12-9-10-18(28-12)24-14-5-1-3-7-16(14)29-17-8-4-2-6-15(17)24/h1-11H,(H2,22,23,25,26,27). The number of hydrogen-bond acceptors (Lipinski definition) is 4.